The zero-order valence-corrected chi connectivity index (χ0v) is 14.2. The average Bonchev–Trinajstić information content (AvgIpc) is 2.94. The fourth-order valence-corrected chi connectivity index (χ4v) is 3.19. The molecule has 0 aliphatic carbocycles. The first kappa shape index (κ1) is 16.4. The summed E-state index contributed by atoms with van der Waals surface area (Å²) in [5.41, 5.74) is 1.92. The van der Waals surface area contributed by atoms with Gasteiger partial charge in [0.1, 0.15) is 0 Å². The van der Waals surface area contributed by atoms with E-state index in [-0.39, 0.29) is 24.8 Å². The molecule has 24 heavy (non-hydrogen) atoms. The molecule has 0 fully saturated rings. The number of anilines is 1. The fraction of sp³-hybridized carbons (Fsp3) is 0.118. The topological polar surface area (TPSA) is 71.1 Å². The predicted molar refractivity (Wildman–Crippen MR) is 96.7 cm³/mol. The minimum Gasteiger partial charge on any atom is -0.352 e. The Hall–Kier alpha value is -2.44. The van der Waals surface area contributed by atoms with E-state index in [1.165, 1.54) is 11.3 Å². The van der Waals surface area contributed by atoms with E-state index < -0.39 is 0 Å². The molecule has 0 radical (unpaired) electrons. The molecule has 0 spiro atoms. The highest BCUT2D eigenvalue weighted by Gasteiger charge is 2.09. The Balaban J connectivity index is 1.52. The van der Waals surface area contributed by atoms with Crippen molar-refractivity contribution in [3.8, 4) is 0 Å². The zero-order valence-electron chi connectivity index (χ0n) is 12.6. The van der Waals surface area contributed by atoms with Crippen LogP contribution in [0.1, 0.15) is 16.8 Å². The van der Waals surface area contributed by atoms with Gasteiger partial charge in [0.25, 0.3) is 5.91 Å². The highest BCUT2D eigenvalue weighted by atomic mass is 35.5. The summed E-state index contributed by atoms with van der Waals surface area (Å²) in [4.78, 5) is 28.1. The number of nitrogens with zero attached hydrogens (tertiary/aromatic N) is 1. The van der Waals surface area contributed by atoms with Gasteiger partial charge in [-0.2, -0.15) is 0 Å². The summed E-state index contributed by atoms with van der Waals surface area (Å²) in [7, 11) is 0. The van der Waals surface area contributed by atoms with Crippen LogP contribution in [-0.2, 0) is 4.79 Å². The van der Waals surface area contributed by atoms with Gasteiger partial charge in [-0.25, -0.2) is 4.98 Å². The molecule has 0 unspecified atom stereocenters. The van der Waals surface area contributed by atoms with Gasteiger partial charge in [-0.15, -0.1) is 11.3 Å². The first-order chi connectivity index (χ1) is 11.6. The van der Waals surface area contributed by atoms with Crippen LogP contribution in [0.15, 0.2) is 48.5 Å². The highest BCUT2D eigenvalue weighted by molar-refractivity contribution is 7.22. The smallest absolute Gasteiger partial charge is 0.251 e. The molecule has 1 heterocycles. The van der Waals surface area contributed by atoms with Crippen molar-refractivity contribution in [2.75, 3.05) is 11.9 Å². The largest absolute Gasteiger partial charge is 0.352 e. The number of aromatic nitrogens is 1. The molecule has 0 saturated heterocycles. The number of hydrogen-bond donors (Lipinski definition) is 2. The van der Waals surface area contributed by atoms with E-state index in [0.29, 0.717) is 15.5 Å². The molecule has 2 aromatic carbocycles. The molecule has 122 valence electrons. The van der Waals surface area contributed by atoms with Gasteiger partial charge in [-0.05, 0) is 30.3 Å². The van der Waals surface area contributed by atoms with E-state index in [0.717, 1.165) is 10.4 Å². The molecule has 0 atom stereocenters. The Kier molecular flexibility index (Phi) is 5.08. The lowest BCUT2D eigenvalue weighted by Gasteiger charge is -2.07. The minimum atomic E-state index is -0.242. The highest BCUT2D eigenvalue weighted by Crippen LogP contribution is 2.26. The lowest BCUT2D eigenvalue weighted by molar-refractivity contribution is -0.116. The van der Waals surface area contributed by atoms with Gasteiger partial charge in [0.15, 0.2) is 4.47 Å². The molecule has 3 aromatic rings. The average molecular weight is 360 g/mol. The van der Waals surface area contributed by atoms with Crippen LogP contribution in [0.25, 0.3) is 10.2 Å². The molecule has 2 amide bonds. The second-order valence-electron chi connectivity index (χ2n) is 5.07. The molecule has 7 heteroatoms. The van der Waals surface area contributed by atoms with Crippen LogP contribution in [0, 0.1) is 0 Å². The zero-order chi connectivity index (χ0) is 16.9. The summed E-state index contributed by atoms with van der Waals surface area (Å²) in [6.45, 7) is 0.257. The third kappa shape index (κ3) is 4.10. The van der Waals surface area contributed by atoms with E-state index in [4.69, 9.17) is 11.6 Å². The summed E-state index contributed by atoms with van der Waals surface area (Å²) in [6, 6.07) is 14.4. The molecule has 0 bridgehead atoms. The normalized spacial score (nSPS) is 10.5. The van der Waals surface area contributed by atoms with E-state index in [1.54, 1.807) is 12.1 Å². The second-order valence-corrected chi connectivity index (χ2v) is 6.68. The number of rotatable bonds is 5. The number of fused-ring (bicyclic) bond motifs is 1. The van der Waals surface area contributed by atoms with Crippen molar-refractivity contribution in [2.24, 2.45) is 0 Å². The van der Waals surface area contributed by atoms with E-state index in [9.17, 15) is 9.59 Å². The summed E-state index contributed by atoms with van der Waals surface area (Å²) in [5, 5.41) is 5.50. The van der Waals surface area contributed by atoms with Crippen LogP contribution >= 0.6 is 22.9 Å². The van der Waals surface area contributed by atoms with Crippen molar-refractivity contribution in [3.63, 3.8) is 0 Å². The summed E-state index contributed by atoms with van der Waals surface area (Å²) in [5.74, 6) is -0.392. The van der Waals surface area contributed by atoms with Gasteiger partial charge in [0.2, 0.25) is 5.91 Å². The third-order valence-electron chi connectivity index (χ3n) is 3.32. The number of carbonyl (C=O) groups is 2. The standard InChI is InChI=1S/C17H14ClN3O2S/c18-17-21-13-10-11(6-7-14(13)24-17)16(23)19-9-8-15(22)20-12-4-2-1-3-5-12/h1-7,10H,8-9H2,(H,19,23)(H,20,22). The fourth-order valence-electron chi connectivity index (χ4n) is 2.18. The van der Waals surface area contributed by atoms with Crippen molar-refractivity contribution in [2.45, 2.75) is 6.42 Å². The Bertz CT molecular complexity index is 880. The molecule has 2 N–H and O–H groups in total. The minimum absolute atomic E-state index is 0.150. The first-order valence-corrected chi connectivity index (χ1v) is 8.50. The van der Waals surface area contributed by atoms with E-state index >= 15 is 0 Å². The SMILES string of the molecule is O=C(CCNC(=O)c1ccc2sc(Cl)nc2c1)Nc1ccccc1. The molecular weight excluding hydrogens is 346 g/mol. The van der Waals surface area contributed by atoms with Crippen molar-refractivity contribution < 1.29 is 9.59 Å². The molecule has 0 aliphatic heterocycles. The number of nitrogens with one attached hydrogen (secondary N) is 2. The molecule has 5 nitrogen and oxygen atoms in total. The number of para-hydroxylation sites is 1. The predicted octanol–water partition coefficient (Wildman–Crippen LogP) is 3.71. The van der Waals surface area contributed by atoms with E-state index in [1.807, 2.05) is 36.4 Å². The molecule has 3 rings (SSSR count). The lowest BCUT2D eigenvalue weighted by atomic mass is 10.2. The van der Waals surface area contributed by atoms with Crippen LogP contribution in [-0.4, -0.2) is 23.3 Å². The lowest BCUT2D eigenvalue weighted by Crippen LogP contribution is -2.27. The van der Waals surface area contributed by atoms with Gasteiger partial charge in [-0.1, -0.05) is 29.8 Å². The van der Waals surface area contributed by atoms with Crippen molar-refractivity contribution in [1.29, 1.82) is 0 Å². The molecule has 0 aliphatic rings. The number of halogens is 1. The summed E-state index contributed by atoms with van der Waals surface area (Å²) in [6.07, 6.45) is 0.200. The molecule has 1 aromatic heterocycles. The Morgan fingerprint density at radius 2 is 1.92 bits per heavy atom. The Labute approximate surface area is 147 Å². The number of thiazole rings is 1. The second kappa shape index (κ2) is 7.42. The Morgan fingerprint density at radius 1 is 1.12 bits per heavy atom. The maximum absolute atomic E-state index is 12.1. The van der Waals surface area contributed by atoms with Crippen molar-refractivity contribution in [1.82, 2.24) is 10.3 Å². The first-order valence-electron chi connectivity index (χ1n) is 7.31. The van der Waals surface area contributed by atoms with Crippen LogP contribution in [0.4, 0.5) is 5.69 Å². The quantitative estimate of drug-likeness (QED) is 0.729. The third-order valence-corrected chi connectivity index (χ3v) is 4.46. The van der Waals surface area contributed by atoms with Crippen LogP contribution in [0.3, 0.4) is 0 Å². The van der Waals surface area contributed by atoms with Gasteiger partial charge in [0.05, 0.1) is 10.2 Å². The van der Waals surface area contributed by atoms with E-state index in [2.05, 4.69) is 15.6 Å². The maximum Gasteiger partial charge on any atom is 0.251 e. The number of benzene rings is 2. The monoisotopic (exact) mass is 359 g/mol. The molecular formula is C17H14ClN3O2S. The number of hydrogen-bond acceptors (Lipinski definition) is 4. The van der Waals surface area contributed by atoms with Gasteiger partial charge in [-0.3, -0.25) is 9.59 Å². The van der Waals surface area contributed by atoms with Gasteiger partial charge in [0, 0.05) is 24.2 Å². The van der Waals surface area contributed by atoms with Crippen LogP contribution < -0.4 is 10.6 Å². The van der Waals surface area contributed by atoms with Crippen LogP contribution in [0.2, 0.25) is 4.47 Å². The number of carbonyl (C=O) groups excluding carboxylic acids is 2. The number of amides is 2. The Morgan fingerprint density at radius 3 is 2.71 bits per heavy atom. The van der Waals surface area contributed by atoms with Gasteiger partial charge >= 0.3 is 0 Å². The molecule has 0 saturated carbocycles. The summed E-state index contributed by atoms with van der Waals surface area (Å²) < 4.78 is 1.37. The summed E-state index contributed by atoms with van der Waals surface area (Å²) >= 11 is 7.23. The maximum atomic E-state index is 12.1. The van der Waals surface area contributed by atoms with Crippen molar-refractivity contribution >= 4 is 50.7 Å². The van der Waals surface area contributed by atoms with Crippen LogP contribution in [0.5, 0.6) is 0 Å². The van der Waals surface area contributed by atoms with Gasteiger partial charge < -0.3 is 10.6 Å². The van der Waals surface area contributed by atoms with Crippen molar-refractivity contribution in [3.05, 3.63) is 58.6 Å².